The number of hydrogen-bond donors (Lipinski definition) is 1. The van der Waals surface area contributed by atoms with Gasteiger partial charge >= 0.3 is 0 Å². The van der Waals surface area contributed by atoms with Gasteiger partial charge in [0.25, 0.3) is 0 Å². The van der Waals surface area contributed by atoms with E-state index >= 15 is 0 Å². The molecule has 2 aromatic rings. The van der Waals surface area contributed by atoms with Crippen LogP contribution in [-0.4, -0.2) is 37.3 Å². The number of aromatic nitrogens is 4. The van der Waals surface area contributed by atoms with E-state index in [1.807, 2.05) is 23.6 Å². The fourth-order valence-corrected chi connectivity index (χ4v) is 1.85. The van der Waals surface area contributed by atoms with Crippen LogP contribution in [0.1, 0.15) is 12.1 Å². The Hall–Kier alpha value is -1.79. The maximum atomic E-state index is 9.01. The number of nitrogens with zero attached hydrogens (tertiary/aromatic N) is 4. The summed E-state index contributed by atoms with van der Waals surface area (Å²) in [6.07, 6.45) is 6.58. The third-order valence-electron chi connectivity index (χ3n) is 2.69. The highest BCUT2D eigenvalue weighted by atomic mass is 16.5. The van der Waals surface area contributed by atoms with Gasteiger partial charge in [-0.1, -0.05) is 6.08 Å². The molecule has 1 aliphatic heterocycles. The number of aryl methyl sites for hydroxylation is 1. The summed E-state index contributed by atoms with van der Waals surface area (Å²) in [4.78, 5) is 12.7. The Morgan fingerprint density at radius 1 is 1.41 bits per heavy atom. The van der Waals surface area contributed by atoms with Crippen molar-refractivity contribution in [3.8, 4) is 0 Å². The maximum absolute atomic E-state index is 9.01. The largest absolute Gasteiger partial charge is 0.393 e. The van der Waals surface area contributed by atoms with E-state index in [1.54, 1.807) is 12.5 Å². The van der Waals surface area contributed by atoms with Crippen LogP contribution < -0.4 is 0 Å². The van der Waals surface area contributed by atoms with Crippen LogP contribution in [-0.2, 0) is 4.74 Å². The van der Waals surface area contributed by atoms with E-state index < -0.39 is 0 Å². The molecule has 17 heavy (non-hydrogen) atoms. The molecular weight excluding hydrogens is 220 g/mol. The monoisotopic (exact) mass is 232 g/mol. The lowest BCUT2D eigenvalue weighted by Crippen LogP contribution is -2.15. The zero-order valence-electron chi connectivity index (χ0n) is 9.32. The first-order chi connectivity index (χ1) is 8.28. The van der Waals surface area contributed by atoms with E-state index in [4.69, 9.17) is 9.84 Å². The average Bonchev–Trinajstić information content (AvgIpc) is 2.93. The summed E-state index contributed by atoms with van der Waals surface area (Å²) in [5.74, 6) is 0.694. The van der Waals surface area contributed by atoms with Crippen molar-refractivity contribution in [1.29, 1.82) is 0 Å². The topological polar surface area (TPSA) is 73.1 Å². The molecule has 0 saturated carbocycles. The fourth-order valence-electron chi connectivity index (χ4n) is 1.85. The molecule has 1 N–H and O–H groups in total. The first kappa shape index (κ1) is 10.4. The van der Waals surface area contributed by atoms with E-state index in [9.17, 15) is 0 Å². The number of hydrogen-bond acceptors (Lipinski definition) is 5. The quantitative estimate of drug-likeness (QED) is 0.767. The number of imidazole rings is 1. The minimum atomic E-state index is -0.258. The van der Waals surface area contributed by atoms with Gasteiger partial charge in [-0.15, -0.1) is 0 Å². The highest BCUT2D eigenvalue weighted by molar-refractivity contribution is 5.69. The first-order valence-electron chi connectivity index (χ1n) is 5.39. The van der Waals surface area contributed by atoms with E-state index in [0.717, 1.165) is 11.2 Å². The average molecular weight is 232 g/mol. The van der Waals surface area contributed by atoms with E-state index in [1.165, 1.54) is 0 Å². The first-order valence-corrected chi connectivity index (χ1v) is 5.39. The Morgan fingerprint density at radius 3 is 3.06 bits per heavy atom. The molecule has 0 fully saturated rings. The summed E-state index contributed by atoms with van der Waals surface area (Å²) in [7, 11) is 0. The van der Waals surface area contributed by atoms with Crippen LogP contribution in [0.3, 0.4) is 0 Å². The zero-order valence-corrected chi connectivity index (χ0v) is 9.32. The summed E-state index contributed by atoms with van der Waals surface area (Å²) in [5, 5.41) is 9.01. The van der Waals surface area contributed by atoms with Crippen LogP contribution in [0.15, 0.2) is 24.7 Å². The molecular formula is C11H12N4O2. The standard InChI is InChI=1S/C11H12N4O2/c1-7-12-4-9-11(14-7)15(6-13-9)10-3-2-8(5-16)17-10/h2-4,6,8,10,16H,5H2,1H3/t8-,10+/m0/s1. The number of aliphatic hydroxyl groups is 1. The highest BCUT2D eigenvalue weighted by Gasteiger charge is 2.21. The molecule has 3 heterocycles. The van der Waals surface area contributed by atoms with Crippen LogP contribution in [0.2, 0.25) is 0 Å². The predicted molar refractivity (Wildman–Crippen MR) is 60.2 cm³/mol. The van der Waals surface area contributed by atoms with Crippen molar-refractivity contribution in [1.82, 2.24) is 19.5 Å². The van der Waals surface area contributed by atoms with E-state index in [-0.39, 0.29) is 18.9 Å². The number of rotatable bonds is 2. The van der Waals surface area contributed by atoms with Crippen molar-refractivity contribution < 1.29 is 9.84 Å². The van der Waals surface area contributed by atoms with Crippen LogP contribution in [0.4, 0.5) is 0 Å². The van der Waals surface area contributed by atoms with Crippen molar-refractivity contribution in [3.63, 3.8) is 0 Å². The third-order valence-corrected chi connectivity index (χ3v) is 2.69. The summed E-state index contributed by atoms with van der Waals surface area (Å²) >= 11 is 0. The number of ether oxygens (including phenoxy) is 1. The Kier molecular flexibility index (Phi) is 2.38. The molecule has 1 aliphatic rings. The molecule has 88 valence electrons. The molecule has 0 unspecified atom stereocenters. The second-order valence-corrected chi connectivity index (χ2v) is 3.91. The molecule has 6 nitrogen and oxygen atoms in total. The smallest absolute Gasteiger partial charge is 0.165 e. The molecule has 3 rings (SSSR count). The molecule has 0 aliphatic carbocycles. The van der Waals surface area contributed by atoms with Gasteiger partial charge in [0.1, 0.15) is 17.4 Å². The third kappa shape index (κ3) is 1.71. The van der Waals surface area contributed by atoms with Crippen LogP contribution >= 0.6 is 0 Å². The molecule has 0 amide bonds. The molecule has 6 heteroatoms. The molecule has 0 bridgehead atoms. The summed E-state index contributed by atoms with van der Waals surface area (Å²) in [6.45, 7) is 1.81. The van der Waals surface area contributed by atoms with Crippen molar-refractivity contribution in [2.45, 2.75) is 19.3 Å². The molecule has 2 aromatic heterocycles. The van der Waals surface area contributed by atoms with Crippen molar-refractivity contribution in [2.75, 3.05) is 6.61 Å². The number of aliphatic hydroxyl groups excluding tert-OH is 1. The van der Waals surface area contributed by atoms with Gasteiger partial charge in [0.05, 0.1) is 19.1 Å². The predicted octanol–water partition coefficient (Wildman–Crippen LogP) is 0.581. The summed E-state index contributed by atoms with van der Waals surface area (Å²) in [6, 6.07) is 0. The van der Waals surface area contributed by atoms with Gasteiger partial charge in [0, 0.05) is 0 Å². The van der Waals surface area contributed by atoms with Gasteiger partial charge in [-0.3, -0.25) is 4.57 Å². The molecule has 0 saturated heterocycles. The molecule has 0 radical (unpaired) electrons. The Morgan fingerprint density at radius 2 is 2.29 bits per heavy atom. The molecule has 0 aromatic carbocycles. The Bertz CT molecular complexity index is 578. The van der Waals surface area contributed by atoms with Gasteiger partial charge in [-0.2, -0.15) is 0 Å². The summed E-state index contributed by atoms with van der Waals surface area (Å²) < 4.78 is 7.43. The Balaban J connectivity index is 2.01. The Labute approximate surface area is 97.6 Å². The normalized spacial score (nSPS) is 23.6. The minimum Gasteiger partial charge on any atom is -0.393 e. The van der Waals surface area contributed by atoms with Crippen LogP contribution in [0, 0.1) is 6.92 Å². The lowest BCUT2D eigenvalue weighted by Gasteiger charge is -2.13. The lowest BCUT2D eigenvalue weighted by molar-refractivity contribution is -0.00639. The lowest BCUT2D eigenvalue weighted by atomic mass is 10.4. The van der Waals surface area contributed by atoms with Crippen molar-refractivity contribution in [2.24, 2.45) is 0 Å². The zero-order chi connectivity index (χ0) is 11.8. The van der Waals surface area contributed by atoms with E-state index in [2.05, 4.69) is 15.0 Å². The number of fused-ring (bicyclic) bond motifs is 1. The minimum absolute atomic E-state index is 0.0202. The second kappa shape index (κ2) is 3.90. The van der Waals surface area contributed by atoms with Gasteiger partial charge in [0.15, 0.2) is 11.9 Å². The molecule has 0 spiro atoms. The fraction of sp³-hybridized carbons (Fsp3) is 0.364. The van der Waals surface area contributed by atoms with Gasteiger partial charge in [0.2, 0.25) is 0 Å². The van der Waals surface area contributed by atoms with Gasteiger partial charge < -0.3 is 9.84 Å². The highest BCUT2D eigenvalue weighted by Crippen LogP contribution is 2.24. The van der Waals surface area contributed by atoms with Crippen molar-refractivity contribution >= 4 is 11.2 Å². The maximum Gasteiger partial charge on any atom is 0.165 e. The van der Waals surface area contributed by atoms with Gasteiger partial charge in [-0.25, -0.2) is 15.0 Å². The van der Waals surface area contributed by atoms with E-state index in [0.29, 0.717) is 5.82 Å². The second-order valence-electron chi connectivity index (χ2n) is 3.91. The van der Waals surface area contributed by atoms with Crippen molar-refractivity contribution in [3.05, 3.63) is 30.5 Å². The van der Waals surface area contributed by atoms with Crippen LogP contribution in [0.5, 0.6) is 0 Å². The SMILES string of the molecule is Cc1ncc2ncn([C@H]3C=C[C@@H](CO)O3)c2n1. The summed E-state index contributed by atoms with van der Waals surface area (Å²) in [5.41, 5.74) is 1.48. The van der Waals surface area contributed by atoms with Gasteiger partial charge in [-0.05, 0) is 13.0 Å². The molecule has 2 atom stereocenters. The van der Waals surface area contributed by atoms with Crippen LogP contribution in [0.25, 0.3) is 11.2 Å².